The number of fused-ring (bicyclic) bond motifs is 1. The van der Waals surface area contributed by atoms with Crippen molar-refractivity contribution in [2.24, 2.45) is 0 Å². The summed E-state index contributed by atoms with van der Waals surface area (Å²) in [4.78, 5) is 4.47. The lowest BCUT2D eigenvalue weighted by atomic mass is 10.1. The predicted molar refractivity (Wildman–Crippen MR) is 91.8 cm³/mol. The molecule has 1 aromatic carbocycles. The number of thiazole rings is 1. The van der Waals surface area contributed by atoms with Gasteiger partial charge in [-0.25, -0.2) is 13.4 Å². The minimum atomic E-state index is -3.09. The molecule has 118 valence electrons. The maximum Gasteiger partial charge on any atom is 0.153 e. The van der Waals surface area contributed by atoms with E-state index in [0.717, 1.165) is 22.2 Å². The zero-order chi connectivity index (χ0) is 16.4. The summed E-state index contributed by atoms with van der Waals surface area (Å²) in [5.74, 6) is -0.0370. The number of nitriles is 1. The van der Waals surface area contributed by atoms with Gasteiger partial charge in [0.25, 0.3) is 0 Å². The van der Waals surface area contributed by atoms with Crippen LogP contribution >= 0.6 is 11.3 Å². The van der Waals surface area contributed by atoms with Gasteiger partial charge in [-0.2, -0.15) is 5.26 Å². The SMILES string of the molecule is CS(=O)(=O)Cc1nc(-c2cn(CCC#N)c3ccccc23)cs1. The Morgan fingerprint density at radius 1 is 1.35 bits per heavy atom. The topological polar surface area (TPSA) is 75.8 Å². The summed E-state index contributed by atoms with van der Waals surface area (Å²) >= 11 is 1.36. The first kappa shape index (κ1) is 15.7. The van der Waals surface area contributed by atoms with E-state index in [2.05, 4.69) is 11.1 Å². The Labute approximate surface area is 138 Å². The molecule has 0 aliphatic carbocycles. The number of aryl methyl sites for hydroxylation is 1. The molecular weight excluding hydrogens is 330 g/mol. The highest BCUT2D eigenvalue weighted by molar-refractivity contribution is 7.90. The Bertz CT molecular complexity index is 994. The van der Waals surface area contributed by atoms with Gasteiger partial charge in [0.2, 0.25) is 0 Å². The highest BCUT2D eigenvalue weighted by Crippen LogP contribution is 2.31. The van der Waals surface area contributed by atoms with Gasteiger partial charge < -0.3 is 4.57 Å². The van der Waals surface area contributed by atoms with Crippen molar-refractivity contribution in [3.05, 3.63) is 40.8 Å². The lowest BCUT2D eigenvalue weighted by Crippen LogP contribution is -1.99. The van der Waals surface area contributed by atoms with Crippen LogP contribution in [0.25, 0.3) is 22.2 Å². The lowest BCUT2D eigenvalue weighted by molar-refractivity contribution is 0.601. The average molecular weight is 345 g/mol. The van der Waals surface area contributed by atoms with Crippen molar-refractivity contribution in [1.82, 2.24) is 9.55 Å². The Balaban J connectivity index is 2.05. The van der Waals surface area contributed by atoms with Gasteiger partial charge >= 0.3 is 0 Å². The van der Waals surface area contributed by atoms with E-state index < -0.39 is 9.84 Å². The van der Waals surface area contributed by atoms with Gasteiger partial charge in [-0.15, -0.1) is 11.3 Å². The largest absolute Gasteiger partial charge is 0.346 e. The van der Waals surface area contributed by atoms with Crippen molar-refractivity contribution < 1.29 is 8.42 Å². The van der Waals surface area contributed by atoms with E-state index in [9.17, 15) is 8.42 Å². The fourth-order valence-electron chi connectivity index (χ4n) is 2.53. The van der Waals surface area contributed by atoms with E-state index in [-0.39, 0.29) is 5.75 Å². The predicted octanol–water partition coefficient (Wildman–Crippen LogP) is 3.22. The number of rotatable bonds is 5. The zero-order valence-electron chi connectivity index (χ0n) is 12.6. The van der Waals surface area contributed by atoms with Crippen LogP contribution in [-0.2, 0) is 22.1 Å². The second-order valence-electron chi connectivity index (χ2n) is 5.36. The summed E-state index contributed by atoms with van der Waals surface area (Å²) < 4.78 is 24.9. The van der Waals surface area contributed by atoms with Gasteiger partial charge in [-0.1, -0.05) is 18.2 Å². The molecule has 0 saturated carbocycles. The highest BCUT2D eigenvalue weighted by atomic mass is 32.2. The summed E-state index contributed by atoms with van der Waals surface area (Å²) in [5, 5.41) is 12.3. The molecule has 5 nitrogen and oxygen atoms in total. The number of para-hydroxylation sites is 1. The second kappa shape index (κ2) is 6.14. The van der Waals surface area contributed by atoms with Crippen molar-refractivity contribution in [2.45, 2.75) is 18.7 Å². The number of nitrogens with zero attached hydrogens (tertiary/aromatic N) is 3. The maximum atomic E-state index is 11.4. The number of hydrogen-bond donors (Lipinski definition) is 0. The minimum absolute atomic E-state index is 0.0370. The molecule has 2 aromatic heterocycles. The molecule has 0 unspecified atom stereocenters. The fraction of sp³-hybridized carbons (Fsp3) is 0.250. The Morgan fingerprint density at radius 2 is 2.13 bits per heavy atom. The maximum absolute atomic E-state index is 11.4. The average Bonchev–Trinajstić information content (AvgIpc) is 3.08. The molecule has 2 heterocycles. The van der Waals surface area contributed by atoms with Gasteiger partial charge in [0, 0.05) is 40.8 Å². The minimum Gasteiger partial charge on any atom is -0.346 e. The van der Waals surface area contributed by atoms with E-state index in [1.54, 1.807) is 0 Å². The van der Waals surface area contributed by atoms with Gasteiger partial charge in [-0.3, -0.25) is 0 Å². The standard InChI is InChI=1S/C16H15N3O2S2/c1-23(20,21)11-16-18-14(10-22-16)13-9-19(8-4-7-17)15-6-3-2-5-12(13)15/h2-3,5-6,9-10H,4,8,11H2,1H3. The van der Waals surface area contributed by atoms with Gasteiger partial charge in [0.15, 0.2) is 9.84 Å². The van der Waals surface area contributed by atoms with Crippen LogP contribution in [0.4, 0.5) is 0 Å². The molecule has 0 bridgehead atoms. The fourth-order valence-corrected chi connectivity index (χ4v) is 4.54. The Morgan fingerprint density at radius 3 is 2.87 bits per heavy atom. The van der Waals surface area contributed by atoms with E-state index in [1.165, 1.54) is 17.6 Å². The van der Waals surface area contributed by atoms with E-state index in [0.29, 0.717) is 18.0 Å². The molecule has 23 heavy (non-hydrogen) atoms. The zero-order valence-corrected chi connectivity index (χ0v) is 14.2. The quantitative estimate of drug-likeness (QED) is 0.711. The number of benzene rings is 1. The summed E-state index contributed by atoms with van der Waals surface area (Å²) in [6.45, 7) is 0.622. The number of hydrogen-bond acceptors (Lipinski definition) is 5. The van der Waals surface area contributed by atoms with Crippen LogP contribution in [0.15, 0.2) is 35.8 Å². The van der Waals surface area contributed by atoms with Crippen molar-refractivity contribution in [1.29, 1.82) is 5.26 Å². The molecule has 3 aromatic rings. The summed E-state index contributed by atoms with van der Waals surface area (Å²) in [6, 6.07) is 10.1. The van der Waals surface area contributed by atoms with E-state index in [4.69, 9.17) is 5.26 Å². The molecule has 0 aliphatic rings. The molecule has 7 heteroatoms. The van der Waals surface area contributed by atoms with Gasteiger partial charge in [0.05, 0.1) is 18.2 Å². The monoisotopic (exact) mass is 345 g/mol. The van der Waals surface area contributed by atoms with Crippen molar-refractivity contribution in [2.75, 3.05) is 6.26 Å². The summed E-state index contributed by atoms with van der Waals surface area (Å²) in [7, 11) is -3.09. The third-order valence-electron chi connectivity index (χ3n) is 3.47. The Kier molecular flexibility index (Phi) is 4.20. The highest BCUT2D eigenvalue weighted by Gasteiger charge is 2.14. The molecular formula is C16H15N3O2S2. The van der Waals surface area contributed by atoms with Gasteiger partial charge in [-0.05, 0) is 6.07 Å². The molecule has 3 rings (SSSR count). The van der Waals surface area contributed by atoms with Crippen LogP contribution in [0.5, 0.6) is 0 Å². The first-order valence-corrected chi connectivity index (χ1v) is 9.99. The molecule has 0 radical (unpaired) electrons. The van der Waals surface area contributed by atoms with Crippen LogP contribution in [0, 0.1) is 11.3 Å². The molecule has 0 atom stereocenters. The molecule has 0 fully saturated rings. The second-order valence-corrected chi connectivity index (χ2v) is 8.44. The number of aromatic nitrogens is 2. The van der Waals surface area contributed by atoms with E-state index in [1.807, 2.05) is 40.4 Å². The molecule has 0 aliphatic heterocycles. The van der Waals surface area contributed by atoms with Crippen molar-refractivity contribution in [3.8, 4) is 17.3 Å². The van der Waals surface area contributed by atoms with Gasteiger partial charge in [0.1, 0.15) is 10.8 Å². The molecule has 0 N–H and O–H groups in total. The summed E-state index contributed by atoms with van der Waals surface area (Å²) in [6.07, 6.45) is 3.64. The smallest absolute Gasteiger partial charge is 0.153 e. The summed E-state index contributed by atoms with van der Waals surface area (Å²) in [5.41, 5.74) is 2.80. The normalized spacial score (nSPS) is 11.7. The third kappa shape index (κ3) is 3.44. The van der Waals surface area contributed by atoms with E-state index >= 15 is 0 Å². The third-order valence-corrected chi connectivity index (χ3v) is 5.30. The van der Waals surface area contributed by atoms with Crippen molar-refractivity contribution in [3.63, 3.8) is 0 Å². The Hall–Kier alpha value is -2.17. The van der Waals surface area contributed by atoms with Crippen LogP contribution in [-0.4, -0.2) is 24.2 Å². The van der Waals surface area contributed by atoms with Crippen LogP contribution in [0.1, 0.15) is 11.4 Å². The first-order chi connectivity index (χ1) is 11.0. The van der Waals surface area contributed by atoms with Crippen LogP contribution < -0.4 is 0 Å². The van der Waals surface area contributed by atoms with Crippen LogP contribution in [0.3, 0.4) is 0 Å². The number of sulfone groups is 1. The molecule has 0 saturated heterocycles. The molecule has 0 spiro atoms. The molecule has 0 amide bonds. The van der Waals surface area contributed by atoms with Crippen LogP contribution in [0.2, 0.25) is 0 Å². The van der Waals surface area contributed by atoms with Crippen molar-refractivity contribution >= 4 is 32.1 Å². The lowest BCUT2D eigenvalue weighted by Gasteiger charge is -2.00. The first-order valence-electron chi connectivity index (χ1n) is 7.05.